The molecule has 316 valence electrons. The molecule has 2 unspecified atom stereocenters. The van der Waals surface area contributed by atoms with Crippen LogP contribution in [0.1, 0.15) is 161 Å². The predicted molar refractivity (Wildman–Crippen MR) is 223 cm³/mol. The van der Waals surface area contributed by atoms with Crippen molar-refractivity contribution in [2.75, 3.05) is 60.7 Å². The van der Waals surface area contributed by atoms with Crippen LogP contribution in [0.5, 0.6) is 0 Å². The lowest BCUT2D eigenvalue weighted by Gasteiger charge is -2.28. The number of rotatable bonds is 40. The molecule has 0 aliphatic carbocycles. The summed E-state index contributed by atoms with van der Waals surface area (Å²) in [6, 6.07) is 0. The van der Waals surface area contributed by atoms with Gasteiger partial charge in [-0.3, -0.25) is 9.36 Å². The summed E-state index contributed by atoms with van der Waals surface area (Å²) in [6.45, 7) is 3.33. The largest absolute Gasteiger partial charge is 0.756 e. The normalized spacial score (nSPS) is 14.3. The standard InChI is InChI=1S/C44H82NO8P/c1-5-6-7-8-9-10-11-12-20-23-26-29-32-35-39-50-41-43(42-52-54(48,49)51-40-37-45(2,3)4)53-44(47)36-33-30-27-24-21-18-16-14-13-15-17-19-22-25-28-31-34-38-46/h13,15-16,18-19,22,24,27,43,46H,5-12,14,17,20-21,23,25-26,28-42H2,1-4H3/b15-13-,18-16-,22-19-,27-24-. The van der Waals surface area contributed by atoms with Crippen molar-refractivity contribution in [3.63, 3.8) is 0 Å². The van der Waals surface area contributed by atoms with Gasteiger partial charge in [0, 0.05) is 19.6 Å². The van der Waals surface area contributed by atoms with Crippen LogP contribution in [0, 0.1) is 0 Å². The zero-order valence-electron chi connectivity index (χ0n) is 35.1. The predicted octanol–water partition coefficient (Wildman–Crippen LogP) is 10.7. The van der Waals surface area contributed by atoms with Crippen LogP contribution in [0.15, 0.2) is 48.6 Å². The van der Waals surface area contributed by atoms with E-state index >= 15 is 0 Å². The SMILES string of the molecule is CCCCCCCCCCCCCCCCOCC(COP(=O)([O-])OCC[N+](C)(C)C)OC(=O)CCC/C=C\C/C=C\C/C=C\C/C=C\CCCCCO. The molecular formula is C44H82NO8P. The molecule has 0 aliphatic rings. The summed E-state index contributed by atoms with van der Waals surface area (Å²) < 4.78 is 34.5. The number of aliphatic hydroxyl groups is 1. The van der Waals surface area contributed by atoms with Gasteiger partial charge in [-0.25, -0.2) is 0 Å². The minimum atomic E-state index is -4.54. The molecule has 0 spiro atoms. The fourth-order valence-electron chi connectivity index (χ4n) is 5.58. The second-order valence-corrected chi connectivity index (χ2v) is 16.8. The van der Waals surface area contributed by atoms with E-state index in [2.05, 4.69) is 55.5 Å². The van der Waals surface area contributed by atoms with Gasteiger partial charge in [0.2, 0.25) is 0 Å². The van der Waals surface area contributed by atoms with Gasteiger partial charge in [0.05, 0.1) is 34.4 Å². The highest BCUT2D eigenvalue weighted by Gasteiger charge is 2.20. The summed E-state index contributed by atoms with van der Waals surface area (Å²) in [5.74, 6) is -0.396. The average Bonchev–Trinajstić information content (AvgIpc) is 3.12. The smallest absolute Gasteiger partial charge is 0.306 e. The maximum Gasteiger partial charge on any atom is 0.306 e. The van der Waals surface area contributed by atoms with Crippen LogP contribution in [-0.4, -0.2) is 82.4 Å². The number of carbonyl (C=O) groups excluding carboxylic acids is 1. The number of allylic oxidation sites excluding steroid dienone is 8. The van der Waals surface area contributed by atoms with E-state index in [0.717, 1.165) is 64.2 Å². The molecule has 0 saturated carbocycles. The number of ether oxygens (including phenoxy) is 2. The second-order valence-electron chi connectivity index (χ2n) is 15.4. The molecule has 0 aromatic heterocycles. The molecule has 2 atom stereocenters. The van der Waals surface area contributed by atoms with Crippen LogP contribution < -0.4 is 4.89 Å². The Bertz CT molecular complexity index is 1010. The Morgan fingerprint density at radius 2 is 1.11 bits per heavy atom. The second kappa shape index (κ2) is 38.3. The van der Waals surface area contributed by atoms with Crippen LogP contribution in [0.25, 0.3) is 0 Å². The third-order valence-corrected chi connectivity index (χ3v) is 9.90. The Morgan fingerprint density at radius 3 is 1.63 bits per heavy atom. The van der Waals surface area contributed by atoms with E-state index in [-0.39, 0.29) is 32.8 Å². The Morgan fingerprint density at radius 1 is 0.630 bits per heavy atom. The third-order valence-electron chi connectivity index (χ3n) is 8.94. The van der Waals surface area contributed by atoms with E-state index in [4.69, 9.17) is 23.6 Å². The molecule has 0 rings (SSSR count). The van der Waals surface area contributed by atoms with E-state index in [1.165, 1.54) is 77.0 Å². The van der Waals surface area contributed by atoms with Crippen LogP contribution in [-0.2, 0) is 27.9 Å². The highest BCUT2D eigenvalue weighted by Crippen LogP contribution is 2.38. The quantitative estimate of drug-likeness (QED) is 0.0215. The van der Waals surface area contributed by atoms with Crippen LogP contribution >= 0.6 is 7.82 Å². The molecule has 54 heavy (non-hydrogen) atoms. The molecule has 0 fully saturated rings. The van der Waals surface area contributed by atoms with Crippen LogP contribution in [0.4, 0.5) is 0 Å². The van der Waals surface area contributed by atoms with Gasteiger partial charge in [-0.1, -0.05) is 145 Å². The lowest BCUT2D eigenvalue weighted by atomic mass is 10.0. The van der Waals surface area contributed by atoms with E-state index in [9.17, 15) is 14.3 Å². The first-order valence-electron chi connectivity index (χ1n) is 21.5. The number of hydrogen-bond acceptors (Lipinski definition) is 8. The van der Waals surface area contributed by atoms with Gasteiger partial charge in [-0.15, -0.1) is 0 Å². The molecule has 0 bridgehead atoms. The molecule has 0 aromatic rings. The minimum absolute atomic E-state index is 0.0107. The van der Waals surface area contributed by atoms with Crippen molar-refractivity contribution in [1.29, 1.82) is 0 Å². The molecule has 0 aliphatic heterocycles. The van der Waals surface area contributed by atoms with Crippen molar-refractivity contribution in [3.8, 4) is 0 Å². The fraction of sp³-hybridized carbons (Fsp3) is 0.795. The lowest BCUT2D eigenvalue weighted by molar-refractivity contribution is -0.870. The summed E-state index contributed by atoms with van der Waals surface area (Å²) in [4.78, 5) is 25.0. The molecule has 0 aromatic carbocycles. The number of carbonyl (C=O) groups is 1. The van der Waals surface area contributed by atoms with E-state index < -0.39 is 19.9 Å². The van der Waals surface area contributed by atoms with Gasteiger partial charge in [0.1, 0.15) is 19.3 Å². The third kappa shape index (κ3) is 41.6. The number of phosphoric acid groups is 1. The Kier molecular flexibility index (Phi) is 37.2. The number of nitrogens with zero attached hydrogens (tertiary/aromatic N) is 1. The van der Waals surface area contributed by atoms with Gasteiger partial charge >= 0.3 is 5.97 Å². The molecule has 0 radical (unpaired) electrons. The Balaban J connectivity index is 4.35. The van der Waals surface area contributed by atoms with Crippen molar-refractivity contribution in [2.24, 2.45) is 0 Å². The number of unbranched alkanes of at least 4 members (excludes halogenated alkanes) is 17. The average molecular weight is 784 g/mol. The molecule has 0 heterocycles. The molecule has 1 N–H and O–H groups in total. The maximum atomic E-state index is 12.6. The Hall–Kier alpha value is -1.58. The van der Waals surface area contributed by atoms with Gasteiger partial charge < -0.3 is 33.0 Å². The van der Waals surface area contributed by atoms with Gasteiger partial charge in [0.15, 0.2) is 0 Å². The molecule has 10 heteroatoms. The van der Waals surface area contributed by atoms with Gasteiger partial charge in [0.25, 0.3) is 7.82 Å². The summed E-state index contributed by atoms with van der Waals surface area (Å²) in [6.07, 6.45) is 42.8. The first-order chi connectivity index (χ1) is 26.1. The van der Waals surface area contributed by atoms with E-state index in [1.54, 1.807) is 0 Å². The number of hydrogen-bond donors (Lipinski definition) is 1. The minimum Gasteiger partial charge on any atom is -0.756 e. The monoisotopic (exact) mass is 784 g/mol. The first kappa shape index (κ1) is 52.4. The number of phosphoric ester groups is 1. The van der Waals surface area contributed by atoms with Gasteiger partial charge in [-0.05, 0) is 57.8 Å². The summed E-state index contributed by atoms with van der Waals surface area (Å²) in [5, 5.41) is 8.80. The zero-order chi connectivity index (χ0) is 39.9. The van der Waals surface area contributed by atoms with Crippen LogP contribution in [0.2, 0.25) is 0 Å². The zero-order valence-corrected chi connectivity index (χ0v) is 36.0. The summed E-state index contributed by atoms with van der Waals surface area (Å²) in [7, 11) is 1.30. The van der Waals surface area contributed by atoms with Crippen molar-refractivity contribution in [2.45, 2.75) is 167 Å². The molecule has 9 nitrogen and oxygen atoms in total. The molecule has 0 saturated heterocycles. The maximum absolute atomic E-state index is 12.6. The molecule has 0 amide bonds. The Labute approximate surface area is 331 Å². The van der Waals surface area contributed by atoms with Crippen molar-refractivity contribution >= 4 is 13.8 Å². The van der Waals surface area contributed by atoms with E-state index in [1.807, 2.05) is 21.1 Å². The van der Waals surface area contributed by atoms with Crippen LogP contribution in [0.3, 0.4) is 0 Å². The van der Waals surface area contributed by atoms with Crippen molar-refractivity contribution < 1.29 is 42.4 Å². The highest BCUT2D eigenvalue weighted by molar-refractivity contribution is 7.45. The number of likely N-dealkylation sites (N-methyl/N-ethyl adjacent to an activating group) is 1. The summed E-state index contributed by atoms with van der Waals surface area (Å²) >= 11 is 0. The number of aliphatic hydroxyl groups excluding tert-OH is 1. The first-order valence-corrected chi connectivity index (χ1v) is 22.9. The van der Waals surface area contributed by atoms with E-state index in [0.29, 0.717) is 24.1 Å². The van der Waals surface area contributed by atoms with Crippen molar-refractivity contribution in [3.05, 3.63) is 48.6 Å². The number of quaternary nitrogens is 1. The summed E-state index contributed by atoms with van der Waals surface area (Å²) in [5.41, 5.74) is 0. The number of esters is 1. The fourth-order valence-corrected chi connectivity index (χ4v) is 6.31. The lowest BCUT2D eigenvalue weighted by Crippen LogP contribution is -2.37. The van der Waals surface area contributed by atoms with Crippen molar-refractivity contribution in [1.82, 2.24) is 0 Å². The highest BCUT2D eigenvalue weighted by atomic mass is 31.2. The molecular weight excluding hydrogens is 701 g/mol. The van der Waals surface area contributed by atoms with Gasteiger partial charge in [-0.2, -0.15) is 0 Å². The topological polar surface area (TPSA) is 114 Å².